The largest absolute Gasteiger partial charge is 0.378 e. The molecule has 0 amide bonds. The van der Waals surface area contributed by atoms with E-state index in [4.69, 9.17) is 4.74 Å². The van der Waals surface area contributed by atoms with E-state index in [1.807, 2.05) is 13.8 Å². The van der Waals surface area contributed by atoms with Gasteiger partial charge in [-0.15, -0.1) is 0 Å². The van der Waals surface area contributed by atoms with Crippen LogP contribution in [0.15, 0.2) is 23.2 Å². The second-order valence-corrected chi connectivity index (χ2v) is 6.91. The number of aromatic nitrogens is 1. The summed E-state index contributed by atoms with van der Waals surface area (Å²) in [6.07, 6.45) is 3.09. The first-order valence-electron chi connectivity index (χ1n) is 7.39. The standard InChI is InChI=1S/C14H23N3O3S/c1-3-15-14-6-5-13(11-16-14)21(18,19)17-9-7-12(8-10-17)20-4-2/h5-6,11-12H,3-4,7-10H2,1-2H3,(H,15,16). The fourth-order valence-corrected chi connectivity index (χ4v) is 3.86. The van der Waals surface area contributed by atoms with Gasteiger partial charge in [0.2, 0.25) is 10.0 Å². The molecule has 7 heteroatoms. The number of anilines is 1. The molecule has 1 N–H and O–H groups in total. The molecule has 0 aromatic carbocycles. The van der Waals surface area contributed by atoms with Gasteiger partial charge in [-0.3, -0.25) is 0 Å². The van der Waals surface area contributed by atoms with Crippen molar-refractivity contribution in [3.8, 4) is 0 Å². The summed E-state index contributed by atoms with van der Waals surface area (Å²) in [7, 11) is -3.44. The molecule has 2 rings (SSSR count). The first kappa shape index (κ1) is 16.2. The maximum atomic E-state index is 12.5. The summed E-state index contributed by atoms with van der Waals surface area (Å²) in [4.78, 5) is 4.38. The van der Waals surface area contributed by atoms with E-state index in [2.05, 4.69) is 10.3 Å². The number of pyridine rings is 1. The Bertz CT molecular complexity index is 537. The predicted molar refractivity (Wildman–Crippen MR) is 81.8 cm³/mol. The van der Waals surface area contributed by atoms with Crippen LogP contribution in [-0.2, 0) is 14.8 Å². The molecule has 0 saturated carbocycles. The SMILES string of the molecule is CCNc1ccc(S(=O)(=O)N2CCC(OCC)CC2)cn1. The van der Waals surface area contributed by atoms with Crippen LogP contribution in [0.3, 0.4) is 0 Å². The number of piperidine rings is 1. The van der Waals surface area contributed by atoms with Crippen molar-refractivity contribution in [1.29, 1.82) is 0 Å². The highest BCUT2D eigenvalue weighted by atomic mass is 32.2. The molecule has 1 aliphatic heterocycles. The molecule has 0 atom stereocenters. The summed E-state index contributed by atoms with van der Waals surface area (Å²) >= 11 is 0. The first-order chi connectivity index (χ1) is 10.1. The van der Waals surface area contributed by atoms with Gasteiger partial charge in [-0.05, 0) is 38.8 Å². The molecule has 1 fully saturated rings. The van der Waals surface area contributed by atoms with Crippen molar-refractivity contribution in [3.63, 3.8) is 0 Å². The number of nitrogens with one attached hydrogen (secondary N) is 1. The van der Waals surface area contributed by atoms with Gasteiger partial charge in [-0.25, -0.2) is 13.4 Å². The topological polar surface area (TPSA) is 71.5 Å². The maximum absolute atomic E-state index is 12.5. The third-order valence-electron chi connectivity index (χ3n) is 3.54. The molecule has 2 heterocycles. The van der Waals surface area contributed by atoms with Crippen LogP contribution >= 0.6 is 0 Å². The smallest absolute Gasteiger partial charge is 0.244 e. The van der Waals surface area contributed by atoms with Crippen molar-refractivity contribution < 1.29 is 13.2 Å². The van der Waals surface area contributed by atoms with Crippen molar-refractivity contribution in [2.24, 2.45) is 0 Å². The van der Waals surface area contributed by atoms with Crippen LogP contribution in [0, 0.1) is 0 Å². The molecule has 1 aromatic heterocycles. The van der Waals surface area contributed by atoms with Crippen LogP contribution in [0.5, 0.6) is 0 Å². The van der Waals surface area contributed by atoms with Gasteiger partial charge in [0.15, 0.2) is 0 Å². The molecule has 1 aliphatic rings. The van der Waals surface area contributed by atoms with Crippen LogP contribution in [0.4, 0.5) is 5.82 Å². The lowest BCUT2D eigenvalue weighted by Gasteiger charge is -2.30. The number of nitrogens with zero attached hydrogens (tertiary/aromatic N) is 2. The van der Waals surface area contributed by atoms with Crippen LogP contribution in [-0.4, -0.2) is 50.1 Å². The number of ether oxygens (including phenoxy) is 1. The summed E-state index contributed by atoms with van der Waals surface area (Å²) in [6, 6.07) is 3.30. The van der Waals surface area contributed by atoms with E-state index >= 15 is 0 Å². The molecule has 0 unspecified atom stereocenters. The Morgan fingerprint density at radius 3 is 2.57 bits per heavy atom. The van der Waals surface area contributed by atoms with Gasteiger partial charge in [0, 0.05) is 32.4 Å². The zero-order valence-electron chi connectivity index (χ0n) is 12.6. The van der Waals surface area contributed by atoms with Crippen molar-refractivity contribution in [2.75, 3.05) is 31.6 Å². The Hall–Kier alpha value is -1.18. The van der Waals surface area contributed by atoms with Crippen molar-refractivity contribution in [2.45, 2.75) is 37.7 Å². The lowest BCUT2D eigenvalue weighted by Crippen LogP contribution is -2.40. The second-order valence-electron chi connectivity index (χ2n) is 4.97. The first-order valence-corrected chi connectivity index (χ1v) is 8.83. The molecule has 0 spiro atoms. The Labute approximate surface area is 126 Å². The Morgan fingerprint density at radius 1 is 1.33 bits per heavy atom. The number of hydrogen-bond donors (Lipinski definition) is 1. The van der Waals surface area contributed by atoms with Crippen LogP contribution < -0.4 is 5.32 Å². The van der Waals surface area contributed by atoms with E-state index in [0.29, 0.717) is 25.5 Å². The van der Waals surface area contributed by atoms with Gasteiger partial charge >= 0.3 is 0 Å². The fraction of sp³-hybridized carbons (Fsp3) is 0.643. The Balaban J connectivity index is 2.04. The van der Waals surface area contributed by atoms with Crippen molar-refractivity contribution >= 4 is 15.8 Å². The van der Waals surface area contributed by atoms with E-state index < -0.39 is 10.0 Å². The molecule has 1 aromatic rings. The molecule has 21 heavy (non-hydrogen) atoms. The summed E-state index contributed by atoms with van der Waals surface area (Å²) in [5.74, 6) is 0.687. The van der Waals surface area contributed by atoms with Gasteiger partial charge < -0.3 is 10.1 Å². The van der Waals surface area contributed by atoms with E-state index in [1.165, 1.54) is 10.5 Å². The predicted octanol–water partition coefficient (Wildman–Crippen LogP) is 1.70. The highest BCUT2D eigenvalue weighted by molar-refractivity contribution is 7.89. The normalized spacial score (nSPS) is 17.8. The fourth-order valence-electron chi connectivity index (χ4n) is 2.44. The van der Waals surface area contributed by atoms with E-state index in [0.717, 1.165) is 19.4 Å². The summed E-state index contributed by atoms with van der Waals surface area (Å²) in [5.41, 5.74) is 0. The number of hydrogen-bond acceptors (Lipinski definition) is 5. The zero-order chi connectivity index (χ0) is 15.3. The van der Waals surface area contributed by atoms with Gasteiger partial charge in [-0.1, -0.05) is 0 Å². The van der Waals surface area contributed by atoms with E-state index in [-0.39, 0.29) is 11.0 Å². The lowest BCUT2D eigenvalue weighted by atomic mass is 10.1. The average molecular weight is 313 g/mol. The molecular weight excluding hydrogens is 290 g/mol. The van der Waals surface area contributed by atoms with Gasteiger partial charge in [-0.2, -0.15) is 4.31 Å². The van der Waals surface area contributed by atoms with E-state index in [1.54, 1.807) is 12.1 Å². The van der Waals surface area contributed by atoms with Gasteiger partial charge in [0.1, 0.15) is 10.7 Å². The molecule has 6 nitrogen and oxygen atoms in total. The van der Waals surface area contributed by atoms with Crippen LogP contribution in [0.25, 0.3) is 0 Å². The quantitative estimate of drug-likeness (QED) is 0.865. The minimum Gasteiger partial charge on any atom is -0.378 e. The minimum absolute atomic E-state index is 0.177. The molecule has 0 aliphatic carbocycles. The van der Waals surface area contributed by atoms with Crippen LogP contribution in [0.2, 0.25) is 0 Å². The maximum Gasteiger partial charge on any atom is 0.244 e. The second kappa shape index (κ2) is 7.20. The lowest BCUT2D eigenvalue weighted by molar-refractivity contribution is 0.0290. The summed E-state index contributed by atoms with van der Waals surface area (Å²) < 4.78 is 32.2. The third kappa shape index (κ3) is 3.93. The van der Waals surface area contributed by atoms with Gasteiger partial charge in [0.05, 0.1) is 6.10 Å². The molecule has 0 radical (unpaired) electrons. The summed E-state index contributed by atoms with van der Waals surface area (Å²) in [6.45, 7) is 6.36. The minimum atomic E-state index is -3.44. The van der Waals surface area contributed by atoms with Crippen LogP contribution in [0.1, 0.15) is 26.7 Å². The molecule has 0 bridgehead atoms. The van der Waals surface area contributed by atoms with E-state index in [9.17, 15) is 8.42 Å². The zero-order valence-corrected chi connectivity index (χ0v) is 13.4. The highest BCUT2D eigenvalue weighted by Crippen LogP contribution is 2.22. The Kier molecular flexibility index (Phi) is 5.55. The molecule has 1 saturated heterocycles. The Morgan fingerprint density at radius 2 is 2.05 bits per heavy atom. The number of rotatable bonds is 6. The average Bonchev–Trinajstić information content (AvgIpc) is 2.49. The van der Waals surface area contributed by atoms with Gasteiger partial charge in [0.25, 0.3) is 0 Å². The summed E-state index contributed by atoms with van der Waals surface area (Å²) in [5, 5.41) is 3.05. The van der Waals surface area contributed by atoms with Crippen molar-refractivity contribution in [3.05, 3.63) is 18.3 Å². The molecular formula is C14H23N3O3S. The monoisotopic (exact) mass is 313 g/mol. The third-order valence-corrected chi connectivity index (χ3v) is 5.42. The molecule has 118 valence electrons. The van der Waals surface area contributed by atoms with Crippen molar-refractivity contribution in [1.82, 2.24) is 9.29 Å². The highest BCUT2D eigenvalue weighted by Gasteiger charge is 2.29. The number of sulfonamides is 1.